The fourth-order valence-electron chi connectivity index (χ4n) is 4.85. The van der Waals surface area contributed by atoms with Gasteiger partial charge >= 0.3 is 0 Å². The first-order valence-corrected chi connectivity index (χ1v) is 13.3. The van der Waals surface area contributed by atoms with Gasteiger partial charge < -0.3 is 25.0 Å². The van der Waals surface area contributed by atoms with Crippen molar-refractivity contribution in [1.82, 2.24) is 24.8 Å². The molecule has 4 heterocycles. The van der Waals surface area contributed by atoms with Gasteiger partial charge in [0.1, 0.15) is 23.0 Å². The molecule has 1 fully saturated rings. The number of benzene rings is 1. The van der Waals surface area contributed by atoms with E-state index in [1.807, 2.05) is 18.2 Å². The molecule has 1 saturated heterocycles. The smallest absolute Gasteiger partial charge is 0.259 e. The Hall–Kier alpha value is -4.35. The predicted molar refractivity (Wildman–Crippen MR) is 159 cm³/mol. The summed E-state index contributed by atoms with van der Waals surface area (Å²) in [6.45, 7) is 4.61. The Morgan fingerprint density at radius 1 is 1.10 bits per heavy atom. The molecule has 0 bridgehead atoms. The Bertz CT molecular complexity index is 1670. The highest BCUT2D eigenvalue weighted by Crippen LogP contribution is 2.45. The summed E-state index contributed by atoms with van der Waals surface area (Å²) in [5.74, 6) is 1.43. The summed E-state index contributed by atoms with van der Waals surface area (Å²) in [5.41, 5.74) is 0.547. The lowest BCUT2D eigenvalue weighted by atomic mass is 10.0. The molecule has 11 nitrogen and oxygen atoms in total. The lowest BCUT2D eigenvalue weighted by Crippen LogP contribution is -2.45. The van der Waals surface area contributed by atoms with E-state index in [1.54, 1.807) is 31.6 Å². The largest absolute Gasteiger partial charge is 0.495 e. The van der Waals surface area contributed by atoms with Crippen LogP contribution in [0.3, 0.4) is 0 Å². The van der Waals surface area contributed by atoms with Gasteiger partial charge in [-0.05, 0) is 24.3 Å². The Morgan fingerprint density at radius 2 is 1.80 bits per heavy atom. The van der Waals surface area contributed by atoms with Crippen molar-refractivity contribution in [3.63, 3.8) is 0 Å². The first-order valence-electron chi connectivity index (χ1n) is 12.6. The number of aryl methyl sites for hydroxylation is 1. The number of ether oxygens (including phenoxy) is 2. The molecule has 1 aliphatic rings. The zero-order valence-corrected chi connectivity index (χ0v) is 24.0. The molecule has 1 amide bonds. The molecule has 4 aromatic rings. The van der Waals surface area contributed by atoms with E-state index in [9.17, 15) is 9.59 Å². The monoisotopic (exact) mass is 595 g/mol. The third-order valence-electron chi connectivity index (χ3n) is 6.91. The molecule has 0 saturated carbocycles. The highest BCUT2D eigenvalue weighted by molar-refractivity contribution is 6.41. The molecule has 1 aromatic carbocycles. The molecule has 1 aliphatic heterocycles. The average Bonchev–Trinajstić information content (AvgIpc) is 3.38. The molecule has 212 valence electrons. The zero-order chi connectivity index (χ0) is 29.3. The second kappa shape index (κ2) is 11.6. The summed E-state index contributed by atoms with van der Waals surface area (Å²) >= 11 is 13.2. The van der Waals surface area contributed by atoms with Crippen molar-refractivity contribution in [3.8, 4) is 22.6 Å². The van der Waals surface area contributed by atoms with Gasteiger partial charge in [0.25, 0.3) is 5.56 Å². The van der Waals surface area contributed by atoms with Crippen LogP contribution in [-0.4, -0.2) is 64.8 Å². The van der Waals surface area contributed by atoms with Crippen LogP contribution in [-0.2, 0) is 11.8 Å². The van der Waals surface area contributed by atoms with Crippen LogP contribution in [0, 0.1) is 0 Å². The summed E-state index contributed by atoms with van der Waals surface area (Å²) in [6.07, 6.45) is 4.56. The lowest BCUT2D eigenvalue weighted by Gasteiger charge is -2.20. The van der Waals surface area contributed by atoms with Gasteiger partial charge in [-0.15, -0.1) is 0 Å². The van der Waals surface area contributed by atoms with Crippen molar-refractivity contribution in [2.45, 2.75) is 12.1 Å². The van der Waals surface area contributed by atoms with E-state index >= 15 is 0 Å². The number of nitrogens with zero attached hydrogens (tertiary/aromatic N) is 5. The number of anilines is 2. The molecule has 0 radical (unpaired) electrons. The molecule has 13 heteroatoms. The standard InChI is InChI=1S/C28H27Cl2N7O4/c1-5-22(38)33-17-13-37(21-8-6-7-9-31-21)14-18(17)34-28-32-12-15-10-16(27(39)36(2)26(15)35-28)23-24(29)19(40-3)11-20(41-4)25(23)30/h5-12,17-18H,1,13-14H2,2-4H3,(H,33,38)(H,32,34,35). The van der Waals surface area contributed by atoms with Crippen molar-refractivity contribution in [2.24, 2.45) is 7.05 Å². The first-order chi connectivity index (χ1) is 19.7. The third-order valence-corrected chi connectivity index (χ3v) is 7.66. The van der Waals surface area contributed by atoms with E-state index in [0.29, 0.717) is 41.6 Å². The van der Waals surface area contributed by atoms with Crippen LogP contribution in [0.15, 0.2) is 60.2 Å². The number of nitrogens with one attached hydrogen (secondary N) is 2. The molecule has 2 unspecified atom stereocenters. The number of fused-ring (bicyclic) bond motifs is 1. The van der Waals surface area contributed by atoms with Crippen LogP contribution in [0.5, 0.6) is 11.5 Å². The Morgan fingerprint density at radius 3 is 2.44 bits per heavy atom. The fraction of sp³-hybridized carbons (Fsp3) is 0.250. The number of methoxy groups -OCH3 is 2. The number of amides is 1. The highest BCUT2D eigenvalue weighted by Gasteiger charge is 2.35. The van der Waals surface area contributed by atoms with E-state index in [-0.39, 0.29) is 44.7 Å². The van der Waals surface area contributed by atoms with Crippen molar-refractivity contribution in [3.05, 3.63) is 75.8 Å². The number of aromatic nitrogens is 4. The van der Waals surface area contributed by atoms with Crippen molar-refractivity contribution >= 4 is 51.9 Å². The Balaban J connectivity index is 1.51. The number of hydrogen-bond donors (Lipinski definition) is 2. The third kappa shape index (κ3) is 5.38. The SMILES string of the molecule is C=CC(=O)NC1CN(c2ccccn2)CC1Nc1ncc2cc(-c3c(Cl)c(OC)cc(OC)c3Cl)c(=O)n(C)c2n1. The number of hydrogen-bond acceptors (Lipinski definition) is 9. The van der Waals surface area contributed by atoms with Crippen LogP contribution in [0.4, 0.5) is 11.8 Å². The Labute approximate surface area is 245 Å². The number of halogens is 2. The van der Waals surface area contributed by atoms with Gasteiger partial charge in [0.05, 0.1) is 41.9 Å². The lowest BCUT2D eigenvalue weighted by molar-refractivity contribution is -0.117. The van der Waals surface area contributed by atoms with Crippen LogP contribution in [0.1, 0.15) is 0 Å². The van der Waals surface area contributed by atoms with Crippen molar-refractivity contribution in [2.75, 3.05) is 37.5 Å². The maximum atomic E-state index is 13.6. The summed E-state index contributed by atoms with van der Waals surface area (Å²) in [7, 11) is 4.54. The minimum Gasteiger partial charge on any atom is -0.495 e. The number of carbonyl (C=O) groups is 1. The summed E-state index contributed by atoms with van der Waals surface area (Å²) in [4.78, 5) is 41.3. The van der Waals surface area contributed by atoms with E-state index in [2.05, 4.69) is 37.1 Å². The fourth-order valence-corrected chi connectivity index (χ4v) is 5.55. The quantitative estimate of drug-likeness (QED) is 0.293. The van der Waals surface area contributed by atoms with Gasteiger partial charge in [-0.1, -0.05) is 35.8 Å². The van der Waals surface area contributed by atoms with E-state index in [0.717, 1.165) is 5.82 Å². The van der Waals surface area contributed by atoms with Gasteiger partial charge in [-0.2, -0.15) is 4.98 Å². The maximum absolute atomic E-state index is 13.6. The van der Waals surface area contributed by atoms with Crippen LogP contribution < -0.4 is 30.6 Å². The first kappa shape index (κ1) is 28.2. The van der Waals surface area contributed by atoms with Gasteiger partial charge in [-0.3, -0.25) is 14.2 Å². The van der Waals surface area contributed by atoms with Crippen molar-refractivity contribution < 1.29 is 14.3 Å². The number of carbonyl (C=O) groups excluding carboxylic acids is 1. The molecule has 41 heavy (non-hydrogen) atoms. The number of rotatable bonds is 8. The molecule has 0 aliphatic carbocycles. The molecule has 2 N–H and O–H groups in total. The second-order valence-electron chi connectivity index (χ2n) is 9.34. The molecule has 2 atom stereocenters. The van der Waals surface area contributed by atoms with Crippen LogP contribution in [0.2, 0.25) is 10.0 Å². The summed E-state index contributed by atoms with van der Waals surface area (Å²) in [6, 6.07) is 8.33. The molecule has 0 spiro atoms. The van der Waals surface area contributed by atoms with Crippen LogP contribution >= 0.6 is 23.2 Å². The summed E-state index contributed by atoms with van der Waals surface area (Å²) in [5, 5.41) is 7.23. The molecular formula is C28H27Cl2N7O4. The van der Waals surface area contributed by atoms with Gasteiger partial charge in [0.15, 0.2) is 0 Å². The van der Waals surface area contributed by atoms with E-state index in [4.69, 9.17) is 32.7 Å². The second-order valence-corrected chi connectivity index (χ2v) is 10.1. The minimum atomic E-state index is -0.375. The van der Waals surface area contributed by atoms with E-state index < -0.39 is 0 Å². The average molecular weight is 596 g/mol. The number of pyridine rings is 2. The molecule has 5 rings (SSSR count). The zero-order valence-electron chi connectivity index (χ0n) is 22.5. The van der Waals surface area contributed by atoms with Gasteiger partial charge in [-0.25, -0.2) is 9.97 Å². The topological polar surface area (TPSA) is 124 Å². The highest BCUT2D eigenvalue weighted by atomic mass is 35.5. The summed E-state index contributed by atoms with van der Waals surface area (Å²) < 4.78 is 12.1. The van der Waals surface area contributed by atoms with Crippen LogP contribution in [0.25, 0.3) is 22.2 Å². The molecular weight excluding hydrogens is 569 g/mol. The van der Waals surface area contributed by atoms with Gasteiger partial charge in [0.2, 0.25) is 11.9 Å². The van der Waals surface area contributed by atoms with Crippen molar-refractivity contribution in [1.29, 1.82) is 0 Å². The maximum Gasteiger partial charge on any atom is 0.259 e. The van der Waals surface area contributed by atoms with Gasteiger partial charge in [0, 0.05) is 49.5 Å². The van der Waals surface area contributed by atoms with E-state index in [1.165, 1.54) is 24.9 Å². The Kier molecular flexibility index (Phi) is 8.00. The normalized spacial score (nSPS) is 16.5. The predicted octanol–water partition coefficient (Wildman–Crippen LogP) is 3.69. The molecule has 3 aromatic heterocycles. The minimum absolute atomic E-state index is 0.181.